The van der Waals surface area contributed by atoms with Gasteiger partial charge in [0.2, 0.25) is 0 Å². The Morgan fingerprint density at radius 3 is 2.56 bits per heavy atom. The maximum absolute atomic E-state index is 12.2. The summed E-state index contributed by atoms with van der Waals surface area (Å²) in [5.41, 5.74) is 1.50. The van der Waals surface area contributed by atoms with Crippen LogP contribution < -0.4 is 5.32 Å². The highest BCUT2D eigenvalue weighted by Crippen LogP contribution is 2.28. The van der Waals surface area contributed by atoms with Gasteiger partial charge in [-0.1, -0.05) is 15.9 Å². The predicted molar refractivity (Wildman–Crippen MR) is 83.6 cm³/mol. The molecule has 94 valence electrons. The molecule has 0 bridgehead atoms. The van der Waals surface area contributed by atoms with E-state index < -0.39 is 0 Å². The molecule has 5 heteroatoms. The zero-order chi connectivity index (χ0) is 13.3. The lowest BCUT2D eigenvalue weighted by Gasteiger charge is -2.07. The third kappa shape index (κ3) is 3.02. The number of hydrogen-bond acceptors (Lipinski definition) is 2. The van der Waals surface area contributed by atoms with Crippen LogP contribution in [0.2, 0.25) is 0 Å². The van der Waals surface area contributed by atoms with Gasteiger partial charge in [-0.05, 0) is 54.0 Å². The van der Waals surface area contributed by atoms with Gasteiger partial charge in [0.1, 0.15) is 0 Å². The van der Waals surface area contributed by atoms with Crippen molar-refractivity contribution in [1.29, 1.82) is 0 Å². The van der Waals surface area contributed by atoms with E-state index in [0.29, 0.717) is 0 Å². The van der Waals surface area contributed by atoms with Gasteiger partial charge in [0.15, 0.2) is 0 Å². The second kappa shape index (κ2) is 5.55. The maximum Gasteiger partial charge on any atom is 0.256 e. The van der Waals surface area contributed by atoms with Crippen molar-refractivity contribution in [3.8, 4) is 0 Å². The number of aryl methyl sites for hydroxylation is 2. The monoisotopic (exact) mass is 387 g/mol. The fraction of sp³-hybridized carbons (Fsp3) is 0.154. The molecule has 1 heterocycles. The fourth-order valence-electron chi connectivity index (χ4n) is 1.64. The standard InChI is InChI=1S/C13H11Br2NOS/c1-7-5-10(8(2)18-7)13(17)16-12-6-9(14)3-4-11(12)15/h3-6H,1-2H3,(H,16,17). The molecule has 2 aromatic rings. The Balaban J connectivity index is 2.26. The van der Waals surface area contributed by atoms with Crippen LogP contribution in [0.5, 0.6) is 0 Å². The highest BCUT2D eigenvalue weighted by Gasteiger charge is 2.13. The minimum absolute atomic E-state index is 0.0735. The third-order valence-electron chi connectivity index (χ3n) is 2.46. The zero-order valence-electron chi connectivity index (χ0n) is 9.88. The number of hydrogen-bond donors (Lipinski definition) is 1. The molecule has 1 N–H and O–H groups in total. The molecular weight excluding hydrogens is 378 g/mol. The number of benzene rings is 1. The van der Waals surface area contributed by atoms with E-state index in [4.69, 9.17) is 0 Å². The fourth-order valence-corrected chi connectivity index (χ4v) is 3.27. The first kappa shape index (κ1) is 13.8. The number of thiophene rings is 1. The average molecular weight is 389 g/mol. The minimum Gasteiger partial charge on any atom is -0.321 e. The molecule has 0 spiro atoms. The summed E-state index contributed by atoms with van der Waals surface area (Å²) in [6.45, 7) is 3.96. The summed E-state index contributed by atoms with van der Waals surface area (Å²) in [5.74, 6) is -0.0735. The summed E-state index contributed by atoms with van der Waals surface area (Å²) < 4.78 is 1.79. The molecule has 1 aromatic heterocycles. The molecule has 0 saturated carbocycles. The van der Waals surface area contributed by atoms with E-state index in [1.165, 1.54) is 0 Å². The second-order valence-corrected chi connectivity index (χ2v) is 7.14. The Morgan fingerprint density at radius 2 is 1.94 bits per heavy atom. The molecule has 2 nitrogen and oxygen atoms in total. The van der Waals surface area contributed by atoms with Gasteiger partial charge in [0, 0.05) is 18.7 Å². The SMILES string of the molecule is Cc1cc(C(=O)Nc2cc(Br)ccc2Br)c(C)s1. The highest BCUT2D eigenvalue weighted by atomic mass is 79.9. The molecular formula is C13H11Br2NOS. The molecule has 0 unspecified atom stereocenters. The highest BCUT2D eigenvalue weighted by molar-refractivity contribution is 9.11. The Kier molecular flexibility index (Phi) is 4.25. The van der Waals surface area contributed by atoms with Crippen LogP contribution in [0.3, 0.4) is 0 Å². The molecule has 18 heavy (non-hydrogen) atoms. The summed E-state index contributed by atoms with van der Waals surface area (Å²) in [5, 5.41) is 2.91. The average Bonchev–Trinajstić information content (AvgIpc) is 2.63. The first-order chi connectivity index (χ1) is 8.47. The third-order valence-corrected chi connectivity index (χ3v) is 4.61. The molecule has 0 aliphatic heterocycles. The summed E-state index contributed by atoms with van der Waals surface area (Å²) in [6, 6.07) is 7.60. The van der Waals surface area contributed by atoms with Gasteiger partial charge in [-0.15, -0.1) is 11.3 Å². The van der Waals surface area contributed by atoms with Crippen molar-refractivity contribution in [3.63, 3.8) is 0 Å². The molecule has 1 aromatic carbocycles. The Morgan fingerprint density at radius 1 is 1.22 bits per heavy atom. The van der Waals surface area contributed by atoms with Gasteiger partial charge in [-0.25, -0.2) is 0 Å². The van der Waals surface area contributed by atoms with Crippen LogP contribution in [0, 0.1) is 13.8 Å². The largest absolute Gasteiger partial charge is 0.321 e. The van der Waals surface area contributed by atoms with Crippen molar-refractivity contribution < 1.29 is 4.79 Å². The molecule has 0 fully saturated rings. The van der Waals surface area contributed by atoms with E-state index in [1.54, 1.807) is 11.3 Å². The van der Waals surface area contributed by atoms with Crippen molar-refractivity contribution >= 4 is 54.8 Å². The van der Waals surface area contributed by atoms with E-state index in [9.17, 15) is 4.79 Å². The molecule has 0 radical (unpaired) electrons. The Labute approximate surface area is 127 Å². The van der Waals surface area contributed by atoms with Gasteiger partial charge in [0.05, 0.1) is 11.3 Å². The van der Waals surface area contributed by atoms with Gasteiger partial charge in [-0.2, -0.15) is 0 Å². The van der Waals surface area contributed by atoms with Crippen molar-refractivity contribution in [1.82, 2.24) is 0 Å². The lowest BCUT2D eigenvalue weighted by molar-refractivity contribution is 0.102. The molecule has 0 aliphatic rings. The first-order valence-corrected chi connectivity index (χ1v) is 7.71. The van der Waals surface area contributed by atoms with E-state index in [-0.39, 0.29) is 5.91 Å². The molecule has 0 atom stereocenters. The predicted octanol–water partition coefficient (Wildman–Crippen LogP) is 5.14. The molecule has 1 amide bonds. The van der Waals surface area contributed by atoms with Gasteiger partial charge in [0.25, 0.3) is 5.91 Å². The summed E-state index contributed by atoms with van der Waals surface area (Å²) in [4.78, 5) is 14.4. The van der Waals surface area contributed by atoms with E-state index in [2.05, 4.69) is 37.2 Å². The number of rotatable bonds is 2. The number of carbonyl (C=O) groups excluding carboxylic acids is 1. The number of nitrogens with one attached hydrogen (secondary N) is 1. The van der Waals surface area contributed by atoms with Crippen LogP contribution in [-0.4, -0.2) is 5.91 Å². The van der Waals surface area contributed by atoms with E-state index in [1.807, 2.05) is 38.1 Å². The van der Waals surface area contributed by atoms with Gasteiger partial charge < -0.3 is 5.32 Å². The summed E-state index contributed by atoms with van der Waals surface area (Å²) in [7, 11) is 0. The number of halogens is 2. The van der Waals surface area contributed by atoms with Crippen LogP contribution in [0.4, 0.5) is 5.69 Å². The number of carbonyl (C=O) groups is 1. The summed E-state index contributed by atoms with van der Waals surface area (Å²) >= 11 is 8.45. The second-order valence-electron chi connectivity index (χ2n) is 3.91. The van der Waals surface area contributed by atoms with Crippen molar-refractivity contribution in [2.45, 2.75) is 13.8 Å². The Bertz CT molecular complexity index is 607. The number of amides is 1. The Hall–Kier alpha value is -0.650. The van der Waals surface area contributed by atoms with Crippen LogP contribution >= 0.6 is 43.2 Å². The molecule has 0 saturated heterocycles. The normalized spacial score (nSPS) is 10.4. The van der Waals surface area contributed by atoms with Crippen molar-refractivity contribution in [2.75, 3.05) is 5.32 Å². The van der Waals surface area contributed by atoms with Crippen molar-refractivity contribution in [3.05, 3.63) is 48.5 Å². The first-order valence-electron chi connectivity index (χ1n) is 5.31. The maximum atomic E-state index is 12.2. The van der Waals surface area contributed by atoms with Crippen LogP contribution in [0.15, 0.2) is 33.2 Å². The van der Waals surface area contributed by atoms with E-state index >= 15 is 0 Å². The summed E-state index contributed by atoms with van der Waals surface area (Å²) in [6.07, 6.45) is 0. The lowest BCUT2D eigenvalue weighted by atomic mass is 10.2. The van der Waals surface area contributed by atoms with Crippen LogP contribution in [0.1, 0.15) is 20.1 Å². The smallest absolute Gasteiger partial charge is 0.256 e. The van der Waals surface area contributed by atoms with Gasteiger partial charge >= 0.3 is 0 Å². The quantitative estimate of drug-likeness (QED) is 0.757. The molecule has 0 aliphatic carbocycles. The topological polar surface area (TPSA) is 29.1 Å². The van der Waals surface area contributed by atoms with Crippen LogP contribution in [0.25, 0.3) is 0 Å². The van der Waals surface area contributed by atoms with Gasteiger partial charge in [-0.3, -0.25) is 4.79 Å². The zero-order valence-corrected chi connectivity index (χ0v) is 13.9. The van der Waals surface area contributed by atoms with Crippen molar-refractivity contribution in [2.24, 2.45) is 0 Å². The lowest BCUT2D eigenvalue weighted by Crippen LogP contribution is -2.12. The molecule has 2 rings (SSSR count). The van der Waals surface area contributed by atoms with Crippen LogP contribution in [-0.2, 0) is 0 Å². The number of anilines is 1. The van der Waals surface area contributed by atoms with E-state index in [0.717, 1.165) is 30.0 Å². The minimum atomic E-state index is -0.0735.